The van der Waals surface area contributed by atoms with Crippen molar-refractivity contribution in [1.29, 1.82) is 0 Å². The van der Waals surface area contributed by atoms with Crippen molar-refractivity contribution in [2.45, 2.75) is 31.9 Å². The monoisotopic (exact) mass is 265 g/mol. The van der Waals surface area contributed by atoms with Crippen molar-refractivity contribution in [3.8, 4) is 17.2 Å². The summed E-state index contributed by atoms with van der Waals surface area (Å²) in [5, 5.41) is 0. The summed E-state index contributed by atoms with van der Waals surface area (Å²) >= 11 is 0. The molecule has 3 rings (SSSR count). The molecule has 2 atom stereocenters. The van der Waals surface area contributed by atoms with E-state index in [1.165, 1.54) is 0 Å². The lowest BCUT2D eigenvalue weighted by Crippen LogP contribution is -2.20. The van der Waals surface area contributed by atoms with Crippen molar-refractivity contribution in [3.63, 3.8) is 0 Å². The zero-order chi connectivity index (χ0) is 13.2. The van der Waals surface area contributed by atoms with Gasteiger partial charge < -0.3 is 24.7 Å². The number of hydrogen-bond donors (Lipinski definition) is 1. The van der Waals surface area contributed by atoms with Crippen molar-refractivity contribution >= 4 is 0 Å². The van der Waals surface area contributed by atoms with Crippen LogP contribution in [0.5, 0.6) is 17.2 Å². The van der Waals surface area contributed by atoms with Gasteiger partial charge in [-0.3, -0.25) is 0 Å². The topological polar surface area (TPSA) is 62.9 Å². The van der Waals surface area contributed by atoms with Crippen LogP contribution in [0, 0.1) is 0 Å². The Balaban J connectivity index is 1.86. The van der Waals surface area contributed by atoms with Gasteiger partial charge in [-0.25, -0.2) is 0 Å². The van der Waals surface area contributed by atoms with E-state index in [1.54, 1.807) is 0 Å². The van der Waals surface area contributed by atoms with Crippen molar-refractivity contribution < 1.29 is 18.9 Å². The van der Waals surface area contributed by atoms with Gasteiger partial charge in [0.1, 0.15) is 11.9 Å². The van der Waals surface area contributed by atoms with Crippen LogP contribution in [0.1, 0.15) is 18.9 Å². The minimum atomic E-state index is 0.0718. The molecule has 0 bridgehead atoms. The van der Waals surface area contributed by atoms with Crippen molar-refractivity contribution in [2.24, 2.45) is 5.73 Å². The molecule has 1 aromatic carbocycles. The van der Waals surface area contributed by atoms with E-state index in [4.69, 9.17) is 24.7 Å². The molecular weight excluding hydrogens is 246 g/mol. The molecule has 1 fully saturated rings. The molecule has 0 spiro atoms. The number of nitrogens with two attached hydrogens (primary N) is 1. The fourth-order valence-corrected chi connectivity index (χ4v) is 2.37. The molecule has 1 saturated heterocycles. The minimum Gasteiger partial charge on any atom is -0.488 e. The zero-order valence-corrected chi connectivity index (χ0v) is 11.1. The second-order valence-electron chi connectivity index (χ2n) is 5.10. The van der Waals surface area contributed by atoms with Gasteiger partial charge in [0.25, 0.3) is 0 Å². The van der Waals surface area contributed by atoms with Gasteiger partial charge in [-0.1, -0.05) is 0 Å². The van der Waals surface area contributed by atoms with Crippen LogP contribution in [0.3, 0.4) is 0 Å². The lowest BCUT2D eigenvalue weighted by molar-refractivity contribution is 0.140. The lowest BCUT2D eigenvalue weighted by Gasteiger charge is -2.17. The maximum absolute atomic E-state index is 6.02. The van der Waals surface area contributed by atoms with Gasteiger partial charge in [0.2, 0.25) is 6.79 Å². The Hall–Kier alpha value is -1.46. The summed E-state index contributed by atoms with van der Waals surface area (Å²) < 4.78 is 22.2. The minimum absolute atomic E-state index is 0.0718. The molecule has 0 saturated carbocycles. The summed E-state index contributed by atoms with van der Waals surface area (Å²) in [5.74, 6) is 2.34. The Kier molecular flexibility index (Phi) is 3.48. The Morgan fingerprint density at radius 3 is 2.84 bits per heavy atom. The Morgan fingerprint density at radius 1 is 1.37 bits per heavy atom. The average molecular weight is 265 g/mol. The fourth-order valence-electron chi connectivity index (χ4n) is 2.37. The summed E-state index contributed by atoms with van der Waals surface area (Å²) in [7, 11) is 0. The van der Waals surface area contributed by atoms with Crippen LogP contribution in [0.4, 0.5) is 0 Å². The van der Waals surface area contributed by atoms with Gasteiger partial charge in [-0.05, 0) is 25.0 Å². The smallest absolute Gasteiger partial charge is 0.231 e. The fraction of sp³-hybridized carbons (Fsp3) is 0.571. The summed E-state index contributed by atoms with van der Waals surface area (Å²) in [5.41, 5.74) is 6.96. The highest BCUT2D eigenvalue weighted by molar-refractivity contribution is 5.52. The first-order valence-corrected chi connectivity index (χ1v) is 6.65. The molecule has 2 unspecified atom stereocenters. The van der Waals surface area contributed by atoms with Crippen LogP contribution in [-0.2, 0) is 11.2 Å². The molecule has 0 amide bonds. The van der Waals surface area contributed by atoms with Crippen LogP contribution in [0.25, 0.3) is 0 Å². The summed E-state index contributed by atoms with van der Waals surface area (Å²) in [4.78, 5) is 0. The predicted molar refractivity (Wildman–Crippen MR) is 69.8 cm³/mol. The number of fused-ring (bicyclic) bond motifs is 1. The number of ether oxygens (including phenoxy) is 4. The summed E-state index contributed by atoms with van der Waals surface area (Å²) in [6.45, 7) is 3.65. The third kappa shape index (κ3) is 2.77. The maximum Gasteiger partial charge on any atom is 0.231 e. The van der Waals surface area contributed by atoms with E-state index in [1.807, 2.05) is 19.1 Å². The lowest BCUT2D eigenvalue weighted by atomic mass is 10.1. The molecular formula is C14H19NO4. The number of hydrogen-bond acceptors (Lipinski definition) is 5. The van der Waals surface area contributed by atoms with Crippen molar-refractivity contribution in [3.05, 3.63) is 17.7 Å². The highest BCUT2D eigenvalue weighted by Crippen LogP contribution is 2.39. The quantitative estimate of drug-likeness (QED) is 0.893. The van der Waals surface area contributed by atoms with E-state index in [9.17, 15) is 0 Å². The van der Waals surface area contributed by atoms with E-state index in [-0.39, 0.29) is 18.9 Å². The summed E-state index contributed by atoms with van der Waals surface area (Å²) in [6, 6.07) is 3.94. The molecule has 19 heavy (non-hydrogen) atoms. The second kappa shape index (κ2) is 5.27. The van der Waals surface area contributed by atoms with Crippen LogP contribution < -0.4 is 19.9 Å². The van der Waals surface area contributed by atoms with E-state index >= 15 is 0 Å². The zero-order valence-electron chi connectivity index (χ0n) is 11.1. The normalized spacial score (nSPS) is 22.5. The molecule has 104 valence electrons. The van der Waals surface area contributed by atoms with Crippen molar-refractivity contribution in [1.82, 2.24) is 0 Å². The van der Waals surface area contributed by atoms with E-state index in [0.29, 0.717) is 6.61 Å². The van der Waals surface area contributed by atoms with Gasteiger partial charge >= 0.3 is 0 Å². The van der Waals surface area contributed by atoms with Crippen LogP contribution in [-0.4, -0.2) is 32.2 Å². The van der Waals surface area contributed by atoms with Crippen molar-refractivity contribution in [2.75, 3.05) is 20.0 Å². The third-order valence-corrected chi connectivity index (χ3v) is 3.28. The first-order chi connectivity index (χ1) is 9.22. The molecule has 5 heteroatoms. The molecule has 2 aliphatic rings. The molecule has 0 radical (unpaired) electrons. The average Bonchev–Trinajstić information content (AvgIpc) is 2.99. The molecule has 0 aromatic heterocycles. The highest BCUT2D eigenvalue weighted by Gasteiger charge is 2.23. The SMILES string of the molecule is CC(N)Cc1cc2c(cc1OC1CCOC1)OCO2. The standard InChI is InChI=1S/C14H19NO4/c1-9(15)4-10-5-13-14(18-8-17-13)6-12(10)19-11-2-3-16-7-11/h5-6,9,11H,2-4,7-8,15H2,1H3. The largest absolute Gasteiger partial charge is 0.488 e. The first kappa shape index (κ1) is 12.6. The maximum atomic E-state index is 6.02. The van der Waals surface area contributed by atoms with Gasteiger partial charge in [0.15, 0.2) is 11.5 Å². The Bertz CT molecular complexity index is 455. The Morgan fingerprint density at radius 2 is 2.16 bits per heavy atom. The molecule has 1 aromatic rings. The molecule has 2 aliphatic heterocycles. The van der Waals surface area contributed by atoms with E-state index < -0.39 is 0 Å². The summed E-state index contributed by atoms with van der Waals surface area (Å²) in [6.07, 6.45) is 1.79. The second-order valence-corrected chi connectivity index (χ2v) is 5.10. The highest BCUT2D eigenvalue weighted by atomic mass is 16.7. The predicted octanol–water partition coefficient (Wildman–Crippen LogP) is 1.47. The van der Waals surface area contributed by atoms with Gasteiger partial charge in [0.05, 0.1) is 13.2 Å². The molecule has 0 aliphatic carbocycles. The van der Waals surface area contributed by atoms with Gasteiger partial charge in [-0.2, -0.15) is 0 Å². The van der Waals surface area contributed by atoms with Gasteiger partial charge in [-0.15, -0.1) is 0 Å². The van der Waals surface area contributed by atoms with E-state index in [2.05, 4.69) is 0 Å². The van der Waals surface area contributed by atoms with Crippen LogP contribution in [0.15, 0.2) is 12.1 Å². The number of benzene rings is 1. The molecule has 2 heterocycles. The molecule has 5 nitrogen and oxygen atoms in total. The van der Waals surface area contributed by atoms with Crippen LogP contribution >= 0.6 is 0 Å². The number of rotatable bonds is 4. The Labute approximate surface area is 112 Å². The van der Waals surface area contributed by atoms with Crippen LogP contribution in [0.2, 0.25) is 0 Å². The van der Waals surface area contributed by atoms with E-state index in [0.717, 1.165) is 42.3 Å². The van der Waals surface area contributed by atoms with Gasteiger partial charge in [0, 0.05) is 18.5 Å². The molecule has 2 N–H and O–H groups in total. The first-order valence-electron chi connectivity index (χ1n) is 6.65. The third-order valence-electron chi connectivity index (χ3n) is 3.28.